The molecule has 4 rings (SSSR count). The van der Waals surface area contributed by atoms with E-state index in [0.29, 0.717) is 12.2 Å². The Morgan fingerprint density at radius 3 is 2.42 bits per heavy atom. The van der Waals surface area contributed by atoms with E-state index in [2.05, 4.69) is 15.9 Å². The van der Waals surface area contributed by atoms with Gasteiger partial charge in [-0.1, -0.05) is 47.0 Å². The number of Topliss-reactive ketones (excluding diaryl/α,β-unsaturated/α-hetero) is 1. The number of nitrogens with zero attached hydrogens (tertiary/aromatic N) is 1. The molecule has 1 amide bonds. The SMILES string of the molecule is CCOc1ccc(C2/C(=C(/O)c3ccc(Br)c(C)c3)C(=O)C(=O)N2C2CCCC2)cc1. The molecule has 0 spiro atoms. The van der Waals surface area contributed by atoms with Gasteiger partial charge >= 0.3 is 0 Å². The lowest BCUT2D eigenvalue weighted by Crippen LogP contribution is -2.37. The lowest BCUT2D eigenvalue weighted by atomic mass is 9.94. The molecule has 0 bridgehead atoms. The van der Waals surface area contributed by atoms with Gasteiger partial charge in [-0.05, 0) is 62.1 Å². The third kappa shape index (κ3) is 4.01. The number of aryl methyl sites for hydroxylation is 1. The number of hydrogen-bond donors (Lipinski definition) is 1. The van der Waals surface area contributed by atoms with Crippen LogP contribution >= 0.6 is 15.9 Å². The number of aliphatic hydroxyl groups excluding tert-OH is 1. The molecule has 1 aliphatic carbocycles. The third-order valence-electron chi connectivity index (χ3n) is 6.14. The number of carbonyl (C=O) groups excluding carboxylic acids is 2. The van der Waals surface area contributed by atoms with E-state index in [1.54, 1.807) is 11.0 Å². The summed E-state index contributed by atoms with van der Waals surface area (Å²) in [6, 6.07) is 12.3. The van der Waals surface area contributed by atoms with Crippen molar-refractivity contribution < 1.29 is 19.4 Å². The van der Waals surface area contributed by atoms with Gasteiger partial charge in [-0.25, -0.2) is 0 Å². The van der Waals surface area contributed by atoms with Crippen molar-refractivity contribution in [2.75, 3.05) is 6.61 Å². The maximum atomic E-state index is 13.1. The first-order chi connectivity index (χ1) is 14.9. The highest BCUT2D eigenvalue weighted by atomic mass is 79.9. The summed E-state index contributed by atoms with van der Waals surface area (Å²) in [5.41, 5.74) is 2.42. The van der Waals surface area contributed by atoms with Crippen molar-refractivity contribution in [3.05, 3.63) is 69.2 Å². The predicted octanol–water partition coefficient (Wildman–Crippen LogP) is 5.52. The van der Waals surface area contributed by atoms with Gasteiger partial charge in [-0.15, -0.1) is 0 Å². The van der Waals surface area contributed by atoms with Gasteiger partial charge in [0.2, 0.25) is 0 Å². The number of ether oxygens (including phenoxy) is 1. The van der Waals surface area contributed by atoms with E-state index in [4.69, 9.17) is 4.74 Å². The van der Waals surface area contributed by atoms with Crippen molar-refractivity contribution in [1.29, 1.82) is 0 Å². The van der Waals surface area contributed by atoms with Crippen molar-refractivity contribution in [1.82, 2.24) is 4.90 Å². The molecule has 2 aromatic carbocycles. The number of halogens is 1. The lowest BCUT2D eigenvalue weighted by Gasteiger charge is -2.30. The lowest BCUT2D eigenvalue weighted by molar-refractivity contribution is -0.141. The van der Waals surface area contributed by atoms with Crippen LogP contribution in [0.1, 0.15) is 55.3 Å². The van der Waals surface area contributed by atoms with E-state index in [9.17, 15) is 14.7 Å². The molecule has 1 N–H and O–H groups in total. The number of likely N-dealkylation sites (tertiary alicyclic amines) is 1. The molecular formula is C25H26BrNO4. The normalized spacial score (nSPS) is 21.1. The Morgan fingerprint density at radius 2 is 1.81 bits per heavy atom. The smallest absolute Gasteiger partial charge is 0.295 e. The molecule has 2 aromatic rings. The standard InChI is InChI=1S/C25H26BrNO4/c1-3-31-19-11-8-16(9-12-19)22-21(23(28)17-10-13-20(26)15(2)14-17)24(29)25(30)27(22)18-6-4-5-7-18/h8-14,18,22,28H,3-7H2,1-2H3/b23-21-. The minimum Gasteiger partial charge on any atom is -0.507 e. The summed E-state index contributed by atoms with van der Waals surface area (Å²) in [6.07, 6.45) is 3.82. The first-order valence-corrected chi connectivity index (χ1v) is 11.5. The molecule has 1 heterocycles. The summed E-state index contributed by atoms with van der Waals surface area (Å²) >= 11 is 3.47. The average Bonchev–Trinajstić information content (AvgIpc) is 3.37. The number of ketones is 1. The maximum absolute atomic E-state index is 13.1. The predicted molar refractivity (Wildman–Crippen MR) is 123 cm³/mol. The van der Waals surface area contributed by atoms with Crippen LogP contribution in [0, 0.1) is 6.92 Å². The van der Waals surface area contributed by atoms with Crippen molar-refractivity contribution in [2.24, 2.45) is 0 Å². The van der Waals surface area contributed by atoms with Crippen LogP contribution in [0.5, 0.6) is 5.75 Å². The van der Waals surface area contributed by atoms with Crippen LogP contribution in [0.2, 0.25) is 0 Å². The molecule has 1 saturated carbocycles. The van der Waals surface area contributed by atoms with Crippen LogP contribution in [0.4, 0.5) is 0 Å². The molecule has 1 unspecified atom stereocenters. The Bertz CT molecular complexity index is 1040. The highest BCUT2D eigenvalue weighted by Crippen LogP contribution is 2.43. The number of amides is 1. The van der Waals surface area contributed by atoms with E-state index in [1.807, 2.05) is 50.2 Å². The van der Waals surface area contributed by atoms with Crippen molar-refractivity contribution in [2.45, 2.75) is 51.6 Å². The molecule has 31 heavy (non-hydrogen) atoms. The van der Waals surface area contributed by atoms with E-state index in [1.165, 1.54) is 0 Å². The van der Waals surface area contributed by atoms with Gasteiger partial charge in [0.1, 0.15) is 11.5 Å². The topological polar surface area (TPSA) is 66.8 Å². The van der Waals surface area contributed by atoms with Gasteiger partial charge in [0, 0.05) is 16.1 Å². The van der Waals surface area contributed by atoms with Gasteiger partial charge in [0.25, 0.3) is 11.7 Å². The highest BCUT2D eigenvalue weighted by molar-refractivity contribution is 9.10. The van der Waals surface area contributed by atoms with Crippen LogP contribution in [0.3, 0.4) is 0 Å². The van der Waals surface area contributed by atoms with E-state index in [-0.39, 0.29) is 17.4 Å². The minimum atomic E-state index is -0.621. The molecule has 6 heteroatoms. The summed E-state index contributed by atoms with van der Waals surface area (Å²) in [6.45, 7) is 4.40. The van der Waals surface area contributed by atoms with Crippen molar-refractivity contribution in [3.8, 4) is 5.75 Å². The Labute approximate surface area is 190 Å². The zero-order chi connectivity index (χ0) is 22.1. The molecule has 5 nitrogen and oxygen atoms in total. The van der Waals surface area contributed by atoms with Crippen LogP contribution in [0.25, 0.3) is 5.76 Å². The second-order valence-corrected chi connectivity index (χ2v) is 8.96. The van der Waals surface area contributed by atoms with Crippen molar-refractivity contribution in [3.63, 3.8) is 0 Å². The summed E-state index contributed by atoms with van der Waals surface area (Å²) in [7, 11) is 0. The largest absolute Gasteiger partial charge is 0.507 e. The molecule has 0 aromatic heterocycles. The molecule has 0 radical (unpaired) electrons. The van der Waals surface area contributed by atoms with E-state index >= 15 is 0 Å². The minimum absolute atomic E-state index is 0.00460. The average molecular weight is 484 g/mol. The van der Waals surface area contributed by atoms with Crippen molar-refractivity contribution >= 4 is 33.4 Å². The Kier molecular flexibility index (Phi) is 6.19. The fraction of sp³-hybridized carbons (Fsp3) is 0.360. The number of hydrogen-bond acceptors (Lipinski definition) is 4. The molecular weight excluding hydrogens is 458 g/mol. The first kappa shape index (κ1) is 21.6. The number of rotatable bonds is 5. The van der Waals surface area contributed by atoms with Crippen LogP contribution in [-0.2, 0) is 9.59 Å². The quantitative estimate of drug-likeness (QED) is 0.345. The summed E-state index contributed by atoms with van der Waals surface area (Å²) < 4.78 is 6.46. The molecule has 2 fully saturated rings. The molecule has 2 aliphatic rings. The number of benzene rings is 2. The summed E-state index contributed by atoms with van der Waals surface area (Å²) in [5.74, 6) is -0.550. The Morgan fingerprint density at radius 1 is 1.13 bits per heavy atom. The van der Waals surface area contributed by atoms with Gasteiger partial charge in [-0.3, -0.25) is 9.59 Å². The molecule has 1 saturated heterocycles. The fourth-order valence-corrected chi connectivity index (χ4v) is 4.84. The highest BCUT2D eigenvalue weighted by Gasteiger charge is 2.49. The molecule has 1 aliphatic heterocycles. The van der Waals surface area contributed by atoms with E-state index in [0.717, 1.165) is 47.0 Å². The van der Waals surface area contributed by atoms with E-state index < -0.39 is 17.7 Å². The summed E-state index contributed by atoms with van der Waals surface area (Å²) in [4.78, 5) is 28.0. The summed E-state index contributed by atoms with van der Waals surface area (Å²) in [5, 5.41) is 11.2. The van der Waals surface area contributed by atoms with Gasteiger partial charge < -0.3 is 14.7 Å². The molecule has 162 valence electrons. The van der Waals surface area contributed by atoms with Crippen LogP contribution in [-0.4, -0.2) is 34.3 Å². The van der Waals surface area contributed by atoms with Gasteiger partial charge in [0.15, 0.2) is 0 Å². The Balaban J connectivity index is 1.85. The number of carbonyl (C=O) groups is 2. The maximum Gasteiger partial charge on any atom is 0.295 e. The van der Waals surface area contributed by atoms with Gasteiger partial charge in [-0.2, -0.15) is 0 Å². The zero-order valence-corrected chi connectivity index (χ0v) is 19.3. The van der Waals surface area contributed by atoms with Crippen LogP contribution in [0.15, 0.2) is 52.5 Å². The zero-order valence-electron chi connectivity index (χ0n) is 17.7. The number of aliphatic hydroxyl groups is 1. The fourth-order valence-electron chi connectivity index (χ4n) is 4.60. The van der Waals surface area contributed by atoms with Crippen LogP contribution < -0.4 is 4.74 Å². The van der Waals surface area contributed by atoms with Gasteiger partial charge in [0.05, 0.1) is 18.2 Å². The first-order valence-electron chi connectivity index (χ1n) is 10.7. The third-order valence-corrected chi connectivity index (χ3v) is 7.03. The second-order valence-electron chi connectivity index (χ2n) is 8.11. The second kappa shape index (κ2) is 8.87. The Hall–Kier alpha value is -2.60. The monoisotopic (exact) mass is 483 g/mol. The molecule has 1 atom stereocenters.